The second kappa shape index (κ2) is 7.92. The second-order valence-electron chi connectivity index (χ2n) is 6.05. The number of carbonyl (C=O) groups excluding carboxylic acids is 1. The van der Waals surface area contributed by atoms with Crippen LogP contribution in [0.25, 0.3) is 0 Å². The number of anilines is 2. The summed E-state index contributed by atoms with van der Waals surface area (Å²) in [4.78, 5) is 23.1. The second-order valence-corrected chi connectivity index (χ2v) is 6.05. The monoisotopic (exact) mass is 343 g/mol. The summed E-state index contributed by atoms with van der Waals surface area (Å²) in [5.74, 6) is 0.526. The van der Waals surface area contributed by atoms with Crippen LogP contribution >= 0.6 is 0 Å². The van der Waals surface area contributed by atoms with Gasteiger partial charge in [-0.25, -0.2) is 9.37 Å². The van der Waals surface area contributed by atoms with Crippen molar-refractivity contribution in [3.63, 3.8) is 0 Å². The third-order valence-electron chi connectivity index (χ3n) is 4.08. The van der Waals surface area contributed by atoms with Crippen LogP contribution in [-0.2, 0) is 0 Å². The largest absolute Gasteiger partial charge is 0.356 e. The summed E-state index contributed by atoms with van der Waals surface area (Å²) in [6.07, 6.45) is 2.38. The number of benzene rings is 1. The van der Waals surface area contributed by atoms with Gasteiger partial charge in [-0.05, 0) is 31.9 Å². The van der Waals surface area contributed by atoms with E-state index in [9.17, 15) is 9.18 Å². The van der Waals surface area contributed by atoms with Crippen LogP contribution in [0.2, 0.25) is 0 Å². The Morgan fingerprint density at radius 1 is 1.20 bits per heavy atom. The lowest BCUT2D eigenvalue weighted by atomic mass is 10.2. The third-order valence-corrected chi connectivity index (χ3v) is 4.08. The molecule has 0 atom stereocenters. The molecular weight excluding hydrogens is 321 g/mol. The van der Waals surface area contributed by atoms with Crippen LogP contribution in [0.3, 0.4) is 0 Å². The van der Waals surface area contributed by atoms with Gasteiger partial charge in [-0.1, -0.05) is 12.1 Å². The molecule has 25 heavy (non-hydrogen) atoms. The van der Waals surface area contributed by atoms with Crippen molar-refractivity contribution in [1.29, 1.82) is 0 Å². The average molecular weight is 343 g/mol. The minimum Gasteiger partial charge on any atom is -0.356 e. The highest BCUT2D eigenvalue weighted by molar-refractivity contribution is 5.94. The third kappa shape index (κ3) is 4.43. The van der Waals surface area contributed by atoms with E-state index in [0.29, 0.717) is 19.0 Å². The van der Waals surface area contributed by atoms with E-state index in [4.69, 9.17) is 0 Å². The summed E-state index contributed by atoms with van der Waals surface area (Å²) < 4.78 is 13.5. The number of aromatic nitrogens is 2. The van der Waals surface area contributed by atoms with E-state index >= 15 is 0 Å². The summed E-state index contributed by atoms with van der Waals surface area (Å²) in [6.45, 7) is 4.79. The van der Waals surface area contributed by atoms with Crippen LogP contribution in [-0.4, -0.2) is 42.1 Å². The summed E-state index contributed by atoms with van der Waals surface area (Å²) in [7, 11) is 0. The SMILES string of the molecule is Cc1cc(N2CCCC2)nc(NCCNC(=O)c2ccccc2F)n1. The molecule has 1 aromatic heterocycles. The van der Waals surface area contributed by atoms with Gasteiger partial charge in [0.1, 0.15) is 11.6 Å². The fourth-order valence-electron chi connectivity index (χ4n) is 2.83. The lowest BCUT2D eigenvalue weighted by molar-refractivity contribution is 0.0951. The molecule has 0 aliphatic carbocycles. The predicted molar refractivity (Wildman–Crippen MR) is 95.4 cm³/mol. The summed E-state index contributed by atoms with van der Waals surface area (Å²) >= 11 is 0. The molecule has 1 saturated heterocycles. The molecule has 1 aromatic carbocycles. The molecule has 2 N–H and O–H groups in total. The Bertz CT molecular complexity index is 746. The van der Waals surface area contributed by atoms with Crippen molar-refractivity contribution >= 4 is 17.7 Å². The molecule has 0 radical (unpaired) electrons. The molecule has 3 rings (SSSR count). The maximum Gasteiger partial charge on any atom is 0.254 e. The van der Waals surface area contributed by atoms with Crippen LogP contribution < -0.4 is 15.5 Å². The molecule has 2 aromatic rings. The zero-order valence-corrected chi connectivity index (χ0v) is 14.3. The first kappa shape index (κ1) is 17.1. The van der Waals surface area contributed by atoms with Gasteiger partial charge in [-0.3, -0.25) is 4.79 Å². The number of aryl methyl sites for hydroxylation is 1. The molecule has 7 heteroatoms. The maximum absolute atomic E-state index is 13.5. The lowest BCUT2D eigenvalue weighted by Gasteiger charge is -2.17. The predicted octanol–water partition coefficient (Wildman–Crippen LogP) is 2.37. The molecule has 1 aliphatic heterocycles. The van der Waals surface area contributed by atoms with Gasteiger partial charge in [0.05, 0.1) is 5.56 Å². The fourth-order valence-corrected chi connectivity index (χ4v) is 2.83. The van der Waals surface area contributed by atoms with Gasteiger partial charge in [0.2, 0.25) is 5.95 Å². The molecule has 6 nitrogen and oxygen atoms in total. The standard InChI is InChI=1S/C18H22FN5O/c1-13-12-16(24-10-4-5-11-24)23-18(22-13)21-9-8-20-17(25)14-6-2-3-7-15(14)19/h2-3,6-7,12H,4-5,8-11H2,1H3,(H,20,25)(H,21,22,23). The summed E-state index contributed by atoms with van der Waals surface area (Å²) in [6, 6.07) is 7.91. The van der Waals surface area contributed by atoms with Crippen LogP contribution in [0.5, 0.6) is 0 Å². The first-order valence-corrected chi connectivity index (χ1v) is 8.51. The molecule has 1 amide bonds. The minimum absolute atomic E-state index is 0.0469. The number of carbonyl (C=O) groups is 1. The normalized spacial score (nSPS) is 13.8. The van der Waals surface area contributed by atoms with E-state index in [1.165, 1.54) is 25.0 Å². The highest BCUT2D eigenvalue weighted by Crippen LogP contribution is 2.19. The van der Waals surface area contributed by atoms with E-state index in [0.717, 1.165) is 24.6 Å². The van der Waals surface area contributed by atoms with Crippen LogP contribution in [0.15, 0.2) is 30.3 Å². The van der Waals surface area contributed by atoms with Crippen LogP contribution in [0.1, 0.15) is 28.9 Å². The van der Waals surface area contributed by atoms with Crippen molar-refractivity contribution in [1.82, 2.24) is 15.3 Å². The summed E-state index contributed by atoms with van der Waals surface area (Å²) in [5.41, 5.74) is 0.945. The summed E-state index contributed by atoms with van der Waals surface area (Å²) in [5, 5.41) is 5.80. The number of amides is 1. The van der Waals surface area contributed by atoms with Crippen molar-refractivity contribution < 1.29 is 9.18 Å². The number of hydrogen-bond donors (Lipinski definition) is 2. The Balaban J connectivity index is 1.52. The Morgan fingerprint density at radius 2 is 1.96 bits per heavy atom. The van der Waals surface area contributed by atoms with Gasteiger partial charge >= 0.3 is 0 Å². The number of halogens is 1. The Hall–Kier alpha value is -2.70. The van der Waals surface area contributed by atoms with E-state index in [1.54, 1.807) is 12.1 Å². The molecule has 0 unspecified atom stereocenters. The molecule has 0 bridgehead atoms. The first-order valence-electron chi connectivity index (χ1n) is 8.51. The van der Waals surface area contributed by atoms with Gasteiger partial charge in [0, 0.05) is 37.9 Å². The van der Waals surface area contributed by atoms with Gasteiger partial charge in [-0.15, -0.1) is 0 Å². The van der Waals surface area contributed by atoms with Crippen LogP contribution in [0.4, 0.5) is 16.2 Å². The highest BCUT2D eigenvalue weighted by atomic mass is 19.1. The topological polar surface area (TPSA) is 70.2 Å². The maximum atomic E-state index is 13.5. The van der Waals surface area contributed by atoms with E-state index < -0.39 is 11.7 Å². The highest BCUT2D eigenvalue weighted by Gasteiger charge is 2.15. The minimum atomic E-state index is -0.523. The molecule has 132 valence electrons. The number of hydrogen-bond acceptors (Lipinski definition) is 5. The van der Waals surface area contributed by atoms with E-state index in [2.05, 4.69) is 25.5 Å². The van der Waals surface area contributed by atoms with E-state index in [-0.39, 0.29) is 5.56 Å². The molecule has 1 aliphatic rings. The fraction of sp³-hybridized carbons (Fsp3) is 0.389. The van der Waals surface area contributed by atoms with Crippen molar-refractivity contribution in [3.8, 4) is 0 Å². The van der Waals surface area contributed by atoms with E-state index in [1.807, 2.05) is 13.0 Å². The zero-order chi connectivity index (χ0) is 17.6. The van der Waals surface area contributed by atoms with Crippen LogP contribution in [0, 0.1) is 12.7 Å². The smallest absolute Gasteiger partial charge is 0.254 e. The van der Waals surface area contributed by atoms with Crippen molar-refractivity contribution in [2.45, 2.75) is 19.8 Å². The van der Waals surface area contributed by atoms with Crippen molar-refractivity contribution in [3.05, 3.63) is 47.4 Å². The molecule has 2 heterocycles. The Labute approximate surface area is 146 Å². The number of nitrogens with one attached hydrogen (secondary N) is 2. The quantitative estimate of drug-likeness (QED) is 0.788. The van der Waals surface area contributed by atoms with Gasteiger partial charge in [0.25, 0.3) is 5.91 Å². The first-order chi connectivity index (χ1) is 12.1. The lowest BCUT2D eigenvalue weighted by Crippen LogP contribution is -2.29. The average Bonchev–Trinajstić information content (AvgIpc) is 3.13. The van der Waals surface area contributed by atoms with Gasteiger partial charge in [0.15, 0.2) is 0 Å². The molecule has 1 fully saturated rings. The Kier molecular flexibility index (Phi) is 5.42. The number of nitrogens with zero attached hydrogens (tertiary/aromatic N) is 3. The molecular formula is C18H22FN5O. The van der Waals surface area contributed by atoms with Crippen molar-refractivity contribution in [2.24, 2.45) is 0 Å². The van der Waals surface area contributed by atoms with Gasteiger partial charge < -0.3 is 15.5 Å². The Morgan fingerprint density at radius 3 is 2.72 bits per heavy atom. The van der Waals surface area contributed by atoms with Crippen molar-refractivity contribution in [2.75, 3.05) is 36.4 Å². The molecule has 0 spiro atoms. The number of rotatable bonds is 6. The zero-order valence-electron chi connectivity index (χ0n) is 14.3. The van der Waals surface area contributed by atoms with Gasteiger partial charge in [-0.2, -0.15) is 4.98 Å². The molecule has 0 saturated carbocycles.